The Bertz CT molecular complexity index is 514. The normalized spacial score (nSPS) is 10.2. The van der Waals surface area contributed by atoms with E-state index in [1.54, 1.807) is 13.3 Å². The van der Waals surface area contributed by atoms with Crippen LogP contribution in [0.15, 0.2) is 34.9 Å². The van der Waals surface area contributed by atoms with Gasteiger partial charge >= 0.3 is 6.01 Å². The Morgan fingerprint density at radius 1 is 1.19 bits per heavy atom. The topological polar surface area (TPSA) is 35.0 Å². The van der Waals surface area contributed by atoms with Crippen molar-refractivity contribution in [3.05, 3.63) is 40.6 Å². The van der Waals surface area contributed by atoms with E-state index in [0.29, 0.717) is 6.01 Å². The highest BCUT2D eigenvalue weighted by molar-refractivity contribution is 9.10. The molecule has 2 rings (SSSR count). The summed E-state index contributed by atoms with van der Waals surface area (Å²) in [5.74, 6) is 0. The zero-order chi connectivity index (χ0) is 11.5. The zero-order valence-electron chi connectivity index (χ0n) is 9.07. The molecule has 82 valence electrons. The van der Waals surface area contributed by atoms with E-state index in [-0.39, 0.29) is 0 Å². The first-order valence-electron chi connectivity index (χ1n) is 4.85. The second kappa shape index (κ2) is 4.61. The molecule has 0 amide bonds. The van der Waals surface area contributed by atoms with Crippen LogP contribution in [0.2, 0.25) is 0 Å². The van der Waals surface area contributed by atoms with Crippen molar-refractivity contribution >= 4 is 15.9 Å². The zero-order valence-corrected chi connectivity index (χ0v) is 10.7. The summed E-state index contributed by atoms with van der Waals surface area (Å²) in [5.41, 5.74) is 3.00. The molecule has 0 spiro atoms. The summed E-state index contributed by atoms with van der Waals surface area (Å²) >= 11 is 3.52. The number of aryl methyl sites for hydroxylation is 1. The number of rotatable bonds is 2. The first-order valence-corrected chi connectivity index (χ1v) is 5.64. The van der Waals surface area contributed by atoms with Crippen LogP contribution in [0.1, 0.15) is 5.69 Å². The van der Waals surface area contributed by atoms with Gasteiger partial charge in [0.1, 0.15) is 0 Å². The predicted molar refractivity (Wildman–Crippen MR) is 66.5 cm³/mol. The highest BCUT2D eigenvalue weighted by Gasteiger charge is 2.08. The molecule has 0 atom stereocenters. The van der Waals surface area contributed by atoms with Crippen molar-refractivity contribution in [2.75, 3.05) is 7.11 Å². The lowest BCUT2D eigenvalue weighted by Crippen LogP contribution is -1.96. The lowest BCUT2D eigenvalue weighted by molar-refractivity contribution is 0.379. The van der Waals surface area contributed by atoms with Crippen LogP contribution >= 0.6 is 15.9 Å². The summed E-state index contributed by atoms with van der Waals surface area (Å²) in [5, 5.41) is 0. The largest absolute Gasteiger partial charge is 0.467 e. The maximum absolute atomic E-state index is 4.98. The number of hydrogen-bond acceptors (Lipinski definition) is 3. The molecule has 0 fully saturated rings. The van der Waals surface area contributed by atoms with E-state index in [0.717, 1.165) is 21.3 Å². The van der Waals surface area contributed by atoms with Gasteiger partial charge < -0.3 is 4.74 Å². The molecule has 3 nitrogen and oxygen atoms in total. The van der Waals surface area contributed by atoms with E-state index >= 15 is 0 Å². The number of nitrogens with zero attached hydrogens (tertiary/aromatic N) is 2. The highest BCUT2D eigenvalue weighted by Crippen LogP contribution is 2.29. The van der Waals surface area contributed by atoms with Crippen LogP contribution in [0, 0.1) is 6.92 Å². The van der Waals surface area contributed by atoms with E-state index in [1.807, 2.05) is 31.2 Å². The molecule has 0 aliphatic carbocycles. The lowest BCUT2D eigenvalue weighted by Gasteiger charge is -2.07. The van der Waals surface area contributed by atoms with Crippen LogP contribution in [0.25, 0.3) is 11.1 Å². The number of methoxy groups -OCH3 is 1. The Balaban J connectivity index is 2.53. The predicted octanol–water partition coefficient (Wildman–Crippen LogP) is 3.22. The minimum atomic E-state index is 0.397. The van der Waals surface area contributed by atoms with E-state index in [1.165, 1.54) is 0 Å². The van der Waals surface area contributed by atoms with Gasteiger partial charge in [-0.1, -0.05) is 34.1 Å². The number of benzene rings is 1. The molecule has 0 bridgehead atoms. The molecule has 0 saturated heterocycles. The average Bonchev–Trinajstić information content (AvgIpc) is 2.30. The van der Waals surface area contributed by atoms with Crippen molar-refractivity contribution < 1.29 is 4.74 Å². The molecule has 2 aromatic rings. The van der Waals surface area contributed by atoms with Crippen molar-refractivity contribution in [3.8, 4) is 17.1 Å². The first-order chi connectivity index (χ1) is 7.72. The quantitative estimate of drug-likeness (QED) is 0.846. The SMILES string of the molecule is COc1ncc(-c2ccccc2Br)c(C)n1. The Morgan fingerprint density at radius 2 is 1.94 bits per heavy atom. The fourth-order valence-corrected chi connectivity index (χ4v) is 1.99. The Kier molecular flexibility index (Phi) is 3.19. The van der Waals surface area contributed by atoms with Gasteiger partial charge in [-0.05, 0) is 18.6 Å². The minimum absolute atomic E-state index is 0.397. The fraction of sp³-hybridized carbons (Fsp3) is 0.167. The maximum atomic E-state index is 4.98. The van der Waals surface area contributed by atoms with E-state index in [4.69, 9.17) is 4.74 Å². The van der Waals surface area contributed by atoms with Gasteiger partial charge in [0.25, 0.3) is 0 Å². The Morgan fingerprint density at radius 3 is 2.56 bits per heavy atom. The van der Waals surface area contributed by atoms with Crippen LogP contribution in [0.3, 0.4) is 0 Å². The molecule has 0 aliphatic heterocycles. The number of ether oxygens (including phenoxy) is 1. The van der Waals surface area contributed by atoms with Gasteiger partial charge in [0, 0.05) is 16.2 Å². The molecule has 1 heterocycles. The minimum Gasteiger partial charge on any atom is -0.467 e. The summed E-state index contributed by atoms with van der Waals surface area (Å²) in [4.78, 5) is 8.38. The lowest BCUT2D eigenvalue weighted by atomic mass is 10.1. The third-order valence-corrected chi connectivity index (χ3v) is 3.00. The van der Waals surface area contributed by atoms with Crippen molar-refractivity contribution in [2.24, 2.45) is 0 Å². The summed E-state index contributed by atoms with van der Waals surface area (Å²) in [6.07, 6.45) is 1.78. The molecule has 0 N–H and O–H groups in total. The van der Waals surface area contributed by atoms with Crippen LogP contribution in [-0.4, -0.2) is 17.1 Å². The molecule has 4 heteroatoms. The Labute approximate surface area is 103 Å². The molecule has 1 aromatic heterocycles. The van der Waals surface area contributed by atoms with Gasteiger partial charge in [0.2, 0.25) is 0 Å². The average molecular weight is 279 g/mol. The maximum Gasteiger partial charge on any atom is 0.316 e. The summed E-state index contributed by atoms with van der Waals surface area (Å²) in [7, 11) is 1.56. The molecular formula is C12H11BrN2O. The monoisotopic (exact) mass is 278 g/mol. The number of aromatic nitrogens is 2. The van der Waals surface area contributed by atoms with Crippen LogP contribution in [0.4, 0.5) is 0 Å². The standard InChI is InChI=1S/C12H11BrN2O/c1-8-10(7-14-12(15-8)16-2)9-5-3-4-6-11(9)13/h3-7H,1-2H3. The molecular weight excluding hydrogens is 268 g/mol. The van der Waals surface area contributed by atoms with Crippen molar-refractivity contribution in [1.29, 1.82) is 0 Å². The molecule has 16 heavy (non-hydrogen) atoms. The van der Waals surface area contributed by atoms with E-state index in [2.05, 4.69) is 25.9 Å². The first kappa shape index (κ1) is 11.1. The second-order valence-corrected chi connectivity index (χ2v) is 4.19. The van der Waals surface area contributed by atoms with Crippen molar-refractivity contribution in [3.63, 3.8) is 0 Å². The molecule has 0 aliphatic rings. The van der Waals surface area contributed by atoms with E-state index in [9.17, 15) is 0 Å². The van der Waals surface area contributed by atoms with Gasteiger partial charge in [-0.3, -0.25) is 0 Å². The molecule has 1 aromatic carbocycles. The highest BCUT2D eigenvalue weighted by atomic mass is 79.9. The summed E-state index contributed by atoms with van der Waals surface area (Å²) in [6, 6.07) is 8.39. The third kappa shape index (κ3) is 2.07. The van der Waals surface area contributed by atoms with Gasteiger partial charge in [-0.15, -0.1) is 0 Å². The van der Waals surface area contributed by atoms with Gasteiger partial charge in [0.15, 0.2) is 0 Å². The molecule has 0 unspecified atom stereocenters. The number of hydrogen-bond donors (Lipinski definition) is 0. The van der Waals surface area contributed by atoms with Gasteiger partial charge in [0.05, 0.1) is 12.8 Å². The van der Waals surface area contributed by atoms with Crippen LogP contribution in [0.5, 0.6) is 6.01 Å². The van der Waals surface area contributed by atoms with Gasteiger partial charge in [-0.2, -0.15) is 4.98 Å². The smallest absolute Gasteiger partial charge is 0.316 e. The number of halogens is 1. The van der Waals surface area contributed by atoms with E-state index < -0.39 is 0 Å². The Hall–Kier alpha value is -1.42. The fourth-order valence-electron chi connectivity index (χ4n) is 1.49. The summed E-state index contributed by atoms with van der Waals surface area (Å²) in [6.45, 7) is 1.94. The third-order valence-electron chi connectivity index (χ3n) is 2.30. The second-order valence-electron chi connectivity index (χ2n) is 3.34. The van der Waals surface area contributed by atoms with Gasteiger partial charge in [-0.25, -0.2) is 4.98 Å². The van der Waals surface area contributed by atoms with Crippen LogP contribution in [-0.2, 0) is 0 Å². The molecule has 0 radical (unpaired) electrons. The van der Waals surface area contributed by atoms with Crippen molar-refractivity contribution in [1.82, 2.24) is 9.97 Å². The summed E-state index contributed by atoms with van der Waals surface area (Å²) < 4.78 is 6.02. The van der Waals surface area contributed by atoms with Crippen LogP contribution < -0.4 is 4.74 Å². The molecule has 0 saturated carbocycles. The van der Waals surface area contributed by atoms with Crippen molar-refractivity contribution in [2.45, 2.75) is 6.92 Å².